The average Bonchev–Trinajstić information content (AvgIpc) is 2.76. The molecular formula is C24H34N4O2+2. The number of hydrogen-bond acceptors (Lipinski definition) is 2. The number of carbonyl (C=O) groups excluding carboxylic acids is 2. The van der Waals surface area contributed by atoms with E-state index in [0.29, 0.717) is 6.54 Å². The Morgan fingerprint density at radius 1 is 0.900 bits per heavy atom. The summed E-state index contributed by atoms with van der Waals surface area (Å²) in [5.41, 5.74) is 3.39. The minimum absolute atomic E-state index is 0.141. The fourth-order valence-electron chi connectivity index (χ4n) is 4.01. The number of benzene rings is 2. The lowest BCUT2D eigenvalue weighted by atomic mass is 10.0. The van der Waals surface area contributed by atoms with Gasteiger partial charge in [0.2, 0.25) is 0 Å². The summed E-state index contributed by atoms with van der Waals surface area (Å²) in [6, 6.07) is 18.1. The molecule has 0 spiro atoms. The Morgan fingerprint density at radius 2 is 1.53 bits per heavy atom. The Bertz CT molecular complexity index is 830. The van der Waals surface area contributed by atoms with E-state index in [1.807, 2.05) is 37.3 Å². The van der Waals surface area contributed by atoms with Gasteiger partial charge < -0.3 is 20.4 Å². The summed E-state index contributed by atoms with van der Waals surface area (Å²) in [4.78, 5) is 27.9. The minimum atomic E-state index is -0.591. The Balaban J connectivity index is 1.62. The molecule has 0 saturated carbocycles. The molecule has 0 aromatic heterocycles. The van der Waals surface area contributed by atoms with Crippen molar-refractivity contribution in [1.82, 2.24) is 10.6 Å². The fourth-order valence-corrected chi connectivity index (χ4v) is 4.01. The van der Waals surface area contributed by atoms with Gasteiger partial charge in [-0.1, -0.05) is 60.2 Å². The van der Waals surface area contributed by atoms with Gasteiger partial charge in [-0.3, -0.25) is 9.59 Å². The number of carbonyl (C=O) groups is 2. The molecule has 1 aliphatic heterocycles. The van der Waals surface area contributed by atoms with Crippen LogP contribution in [0.2, 0.25) is 0 Å². The highest BCUT2D eigenvalue weighted by molar-refractivity contribution is 6.35. The lowest BCUT2D eigenvalue weighted by Crippen LogP contribution is -3.27. The molecule has 2 amide bonds. The first-order valence-corrected chi connectivity index (χ1v) is 10.8. The van der Waals surface area contributed by atoms with E-state index in [-0.39, 0.29) is 12.1 Å². The van der Waals surface area contributed by atoms with Crippen molar-refractivity contribution >= 4 is 11.8 Å². The van der Waals surface area contributed by atoms with Crippen LogP contribution in [0, 0.1) is 6.92 Å². The van der Waals surface area contributed by atoms with Crippen LogP contribution in [-0.2, 0) is 9.59 Å². The molecule has 0 aliphatic carbocycles. The van der Waals surface area contributed by atoms with E-state index in [4.69, 9.17) is 0 Å². The third-order valence-electron chi connectivity index (χ3n) is 6.04. The van der Waals surface area contributed by atoms with Crippen molar-refractivity contribution in [2.45, 2.75) is 25.9 Å². The molecule has 6 heteroatoms. The maximum Gasteiger partial charge on any atom is 0.309 e. The van der Waals surface area contributed by atoms with Crippen LogP contribution >= 0.6 is 0 Å². The number of amides is 2. The quantitative estimate of drug-likeness (QED) is 0.483. The van der Waals surface area contributed by atoms with Crippen LogP contribution in [0.15, 0.2) is 54.6 Å². The van der Waals surface area contributed by atoms with Gasteiger partial charge in [-0.25, -0.2) is 0 Å². The Labute approximate surface area is 179 Å². The van der Waals surface area contributed by atoms with Crippen LogP contribution in [0.1, 0.15) is 35.7 Å². The molecule has 1 heterocycles. The summed E-state index contributed by atoms with van der Waals surface area (Å²) in [5, 5.41) is 5.67. The summed E-state index contributed by atoms with van der Waals surface area (Å²) < 4.78 is 0. The van der Waals surface area contributed by atoms with Gasteiger partial charge in [-0.2, -0.15) is 0 Å². The zero-order chi connectivity index (χ0) is 21.5. The van der Waals surface area contributed by atoms with Crippen LogP contribution in [0.25, 0.3) is 0 Å². The molecule has 3 rings (SSSR count). The molecule has 4 N–H and O–H groups in total. The molecule has 30 heavy (non-hydrogen) atoms. The topological polar surface area (TPSA) is 67.1 Å². The van der Waals surface area contributed by atoms with E-state index in [9.17, 15) is 9.59 Å². The van der Waals surface area contributed by atoms with Crippen LogP contribution < -0.4 is 20.4 Å². The number of quaternary nitrogens is 2. The zero-order valence-corrected chi connectivity index (χ0v) is 18.2. The summed E-state index contributed by atoms with van der Waals surface area (Å²) in [7, 11) is 2.22. The van der Waals surface area contributed by atoms with Gasteiger partial charge >= 0.3 is 11.8 Å². The molecule has 160 valence electrons. The predicted octanol–water partition coefficient (Wildman–Crippen LogP) is -0.557. The Morgan fingerprint density at radius 3 is 2.17 bits per heavy atom. The summed E-state index contributed by atoms with van der Waals surface area (Å²) in [6.07, 6.45) is 0. The molecule has 1 aliphatic rings. The lowest BCUT2D eigenvalue weighted by Gasteiger charge is -2.33. The van der Waals surface area contributed by atoms with Crippen LogP contribution in [0.5, 0.6) is 0 Å². The summed E-state index contributed by atoms with van der Waals surface area (Å²) >= 11 is 0. The first kappa shape index (κ1) is 22.0. The third-order valence-corrected chi connectivity index (χ3v) is 6.04. The molecule has 0 unspecified atom stereocenters. The van der Waals surface area contributed by atoms with Gasteiger partial charge in [0.1, 0.15) is 32.2 Å². The van der Waals surface area contributed by atoms with E-state index in [2.05, 4.69) is 48.9 Å². The van der Waals surface area contributed by atoms with E-state index < -0.39 is 11.8 Å². The molecular weight excluding hydrogens is 376 g/mol. The van der Waals surface area contributed by atoms with Crippen molar-refractivity contribution in [3.63, 3.8) is 0 Å². The highest BCUT2D eigenvalue weighted by atomic mass is 16.2. The van der Waals surface area contributed by atoms with Crippen molar-refractivity contribution in [3.05, 3.63) is 71.3 Å². The average molecular weight is 411 g/mol. The zero-order valence-electron chi connectivity index (χ0n) is 18.2. The van der Waals surface area contributed by atoms with Gasteiger partial charge in [0.25, 0.3) is 0 Å². The lowest BCUT2D eigenvalue weighted by molar-refractivity contribution is -1.02. The molecule has 2 aromatic rings. The van der Waals surface area contributed by atoms with Gasteiger partial charge in [-0.15, -0.1) is 0 Å². The Hall–Kier alpha value is -2.70. The minimum Gasteiger partial charge on any atom is -0.341 e. The monoisotopic (exact) mass is 410 g/mol. The first-order chi connectivity index (χ1) is 14.4. The van der Waals surface area contributed by atoms with Crippen molar-refractivity contribution in [2.75, 3.05) is 39.8 Å². The number of hydrogen-bond donors (Lipinski definition) is 4. The van der Waals surface area contributed by atoms with Crippen LogP contribution in [0.3, 0.4) is 0 Å². The van der Waals surface area contributed by atoms with E-state index >= 15 is 0 Å². The predicted molar refractivity (Wildman–Crippen MR) is 117 cm³/mol. The maximum atomic E-state index is 12.5. The van der Waals surface area contributed by atoms with Crippen LogP contribution in [-0.4, -0.2) is 51.6 Å². The maximum absolute atomic E-state index is 12.5. The molecule has 0 radical (unpaired) electrons. The third kappa shape index (κ3) is 5.90. The highest BCUT2D eigenvalue weighted by Gasteiger charge is 2.30. The molecule has 0 bridgehead atoms. The largest absolute Gasteiger partial charge is 0.341 e. The van der Waals surface area contributed by atoms with Crippen molar-refractivity contribution < 1.29 is 19.4 Å². The van der Waals surface area contributed by atoms with Gasteiger partial charge in [0.05, 0.1) is 19.6 Å². The van der Waals surface area contributed by atoms with Gasteiger partial charge in [-0.05, 0) is 19.4 Å². The number of nitrogens with one attached hydrogen (secondary N) is 4. The molecule has 1 saturated heterocycles. The molecule has 1 fully saturated rings. The van der Waals surface area contributed by atoms with Crippen molar-refractivity contribution in [1.29, 1.82) is 0 Å². The second-order valence-electron chi connectivity index (χ2n) is 8.39. The molecule has 2 atom stereocenters. The second-order valence-corrected chi connectivity index (χ2v) is 8.39. The van der Waals surface area contributed by atoms with E-state index in [0.717, 1.165) is 31.7 Å². The summed E-state index contributed by atoms with van der Waals surface area (Å²) in [6.45, 7) is 8.73. The first-order valence-electron chi connectivity index (χ1n) is 10.8. The van der Waals surface area contributed by atoms with Crippen LogP contribution in [0.4, 0.5) is 0 Å². The molecule has 6 nitrogen and oxygen atoms in total. The number of rotatable bonds is 6. The normalized spacial score (nSPS) is 20.8. The smallest absolute Gasteiger partial charge is 0.309 e. The van der Waals surface area contributed by atoms with Gasteiger partial charge in [0, 0.05) is 5.56 Å². The second kappa shape index (κ2) is 10.4. The van der Waals surface area contributed by atoms with E-state index in [1.165, 1.54) is 16.0 Å². The van der Waals surface area contributed by atoms with Crippen molar-refractivity contribution in [3.8, 4) is 0 Å². The van der Waals surface area contributed by atoms with E-state index in [1.54, 1.807) is 4.90 Å². The molecule has 2 aromatic carbocycles. The highest BCUT2D eigenvalue weighted by Crippen LogP contribution is 2.12. The van der Waals surface area contributed by atoms with Crippen molar-refractivity contribution in [2.24, 2.45) is 0 Å². The number of likely N-dealkylation sites (N-methyl/N-ethyl adjacent to an activating group) is 1. The summed E-state index contributed by atoms with van der Waals surface area (Å²) in [5.74, 6) is -1.17. The van der Waals surface area contributed by atoms with Gasteiger partial charge in [0.15, 0.2) is 0 Å². The Kier molecular flexibility index (Phi) is 7.60. The SMILES string of the molecule is Cc1ccc([C@H](CNC(=O)C(=O)N[C@H](C)c2ccccc2)[NH+]2CC[NH+](C)CC2)cc1. The number of piperazine rings is 1. The standard InChI is InChI=1S/C24H32N4O2/c1-18-9-11-21(12-10-18)22(28-15-13-27(3)14-16-28)17-25-23(29)24(30)26-19(2)20-7-5-4-6-8-20/h4-12,19,22H,13-17H2,1-3H3,(H,25,29)(H,26,30)/p+2/t19-,22+/m1/s1. The fraction of sp³-hybridized carbons (Fsp3) is 0.417. The number of aryl methyl sites for hydroxylation is 1.